The van der Waals surface area contributed by atoms with Crippen LogP contribution in [0.25, 0.3) is 0 Å². The van der Waals surface area contributed by atoms with E-state index in [1.165, 1.54) is 0 Å². The van der Waals surface area contributed by atoms with Gasteiger partial charge in [0.05, 0.1) is 12.6 Å². The molecule has 0 radical (unpaired) electrons. The molecule has 2 aliphatic heterocycles. The van der Waals surface area contributed by atoms with Gasteiger partial charge in [0.15, 0.2) is 0 Å². The summed E-state index contributed by atoms with van der Waals surface area (Å²) in [4.78, 5) is 27.1. The van der Waals surface area contributed by atoms with Crippen molar-refractivity contribution in [3.8, 4) is 5.75 Å². The highest BCUT2D eigenvalue weighted by Gasteiger charge is 2.48. The standard InChI is InChI=1S/C24H28N4O4/c1-27-10-12-28(13-11-27)26-16-17-6-8-18(9-7-17)23(31)24(25)20(15-22(29)30)14-19-4-2-3-5-21(19)32-24/h2-9,16,20H,10-15,25H2,1H3,(H,29,30). The van der Waals surface area contributed by atoms with Crippen LogP contribution in [0.2, 0.25) is 0 Å². The molecule has 8 heteroatoms. The Kier molecular flexibility index (Phi) is 6.25. The van der Waals surface area contributed by atoms with E-state index < -0.39 is 23.4 Å². The van der Waals surface area contributed by atoms with E-state index in [1.807, 2.05) is 17.1 Å². The van der Waals surface area contributed by atoms with Gasteiger partial charge in [-0.15, -0.1) is 0 Å². The fourth-order valence-electron chi connectivity index (χ4n) is 4.13. The molecule has 2 aromatic rings. The second-order valence-electron chi connectivity index (χ2n) is 8.45. The molecule has 0 amide bonds. The van der Waals surface area contributed by atoms with Gasteiger partial charge < -0.3 is 14.7 Å². The Hall–Kier alpha value is -3.23. The summed E-state index contributed by atoms with van der Waals surface area (Å²) in [7, 11) is 2.09. The number of ketones is 1. The normalized spacial score (nSPS) is 23.6. The quantitative estimate of drug-likeness (QED) is 0.525. The first-order valence-electron chi connectivity index (χ1n) is 10.7. The Balaban J connectivity index is 1.52. The molecule has 2 aliphatic rings. The summed E-state index contributed by atoms with van der Waals surface area (Å²) in [6.45, 7) is 3.71. The number of fused-ring (bicyclic) bond motifs is 1. The fraction of sp³-hybridized carbons (Fsp3) is 0.375. The van der Waals surface area contributed by atoms with Crippen molar-refractivity contribution < 1.29 is 19.4 Å². The number of hydrogen-bond acceptors (Lipinski definition) is 7. The van der Waals surface area contributed by atoms with Gasteiger partial charge in [-0.1, -0.05) is 42.5 Å². The minimum atomic E-state index is -1.75. The molecule has 4 rings (SSSR count). The second kappa shape index (κ2) is 9.10. The highest BCUT2D eigenvalue weighted by atomic mass is 16.5. The van der Waals surface area contributed by atoms with Crippen molar-refractivity contribution >= 4 is 18.0 Å². The maximum Gasteiger partial charge on any atom is 0.303 e. The van der Waals surface area contributed by atoms with Gasteiger partial charge in [-0.2, -0.15) is 5.10 Å². The number of aliphatic carboxylic acids is 1. The van der Waals surface area contributed by atoms with Crippen molar-refractivity contribution in [2.24, 2.45) is 16.8 Å². The lowest BCUT2D eigenvalue weighted by atomic mass is 9.80. The first-order chi connectivity index (χ1) is 15.3. The van der Waals surface area contributed by atoms with Crippen LogP contribution in [0.1, 0.15) is 27.9 Å². The number of likely N-dealkylation sites (N-methyl/N-ethyl adjacent to an activating group) is 1. The van der Waals surface area contributed by atoms with E-state index in [1.54, 1.807) is 42.6 Å². The molecule has 0 aliphatic carbocycles. The molecule has 3 N–H and O–H groups in total. The highest BCUT2D eigenvalue weighted by molar-refractivity contribution is 6.03. The minimum Gasteiger partial charge on any atom is -0.481 e. The number of carbonyl (C=O) groups is 2. The Morgan fingerprint density at radius 2 is 1.84 bits per heavy atom. The van der Waals surface area contributed by atoms with Gasteiger partial charge in [-0.05, 0) is 30.7 Å². The number of hydrazone groups is 1. The first kappa shape index (κ1) is 22.0. The van der Waals surface area contributed by atoms with Crippen LogP contribution in [0.3, 0.4) is 0 Å². The van der Waals surface area contributed by atoms with Crippen molar-refractivity contribution in [3.63, 3.8) is 0 Å². The molecule has 168 valence electrons. The van der Waals surface area contributed by atoms with Crippen LogP contribution in [0.5, 0.6) is 5.75 Å². The zero-order valence-corrected chi connectivity index (χ0v) is 18.1. The molecule has 0 spiro atoms. The predicted molar refractivity (Wildman–Crippen MR) is 121 cm³/mol. The van der Waals surface area contributed by atoms with E-state index in [0.29, 0.717) is 17.7 Å². The third kappa shape index (κ3) is 4.66. The van der Waals surface area contributed by atoms with Gasteiger partial charge in [-0.25, -0.2) is 0 Å². The van der Waals surface area contributed by atoms with Gasteiger partial charge in [0, 0.05) is 37.7 Å². The number of carboxylic acid groups (broad SMARTS) is 1. The summed E-state index contributed by atoms with van der Waals surface area (Å²) in [5.41, 5.74) is 6.82. The van der Waals surface area contributed by atoms with Crippen LogP contribution in [-0.2, 0) is 11.2 Å². The van der Waals surface area contributed by atoms with Gasteiger partial charge >= 0.3 is 5.97 Å². The molecule has 8 nitrogen and oxygen atoms in total. The topological polar surface area (TPSA) is 108 Å². The molecule has 0 bridgehead atoms. The summed E-state index contributed by atoms with van der Waals surface area (Å²) < 4.78 is 5.94. The van der Waals surface area contributed by atoms with Crippen LogP contribution in [-0.4, -0.2) is 71.9 Å². The van der Waals surface area contributed by atoms with Gasteiger partial charge in [0.1, 0.15) is 5.75 Å². The number of para-hydroxylation sites is 1. The van der Waals surface area contributed by atoms with Crippen LogP contribution in [0.15, 0.2) is 53.6 Å². The summed E-state index contributed by atoms with van der Waals surface area (Å²) in [5, 5.41) is 15.9. The Labute approximate surface area is 187 Å². The predicted octanol–water partition coefficient (Wildman–Crippen LogP) is 1.83. The molecule has 1 saturated heterocycles. The lowest BCUT2D eigenvalue weighted by Gasteiger charge is -2.40. The lowest BCUT2D eigenvalue weighted by molar-refractivity contribution is -0.140. The number of nitrogens with two attached hydrogens (primary N) is 1. The zero-order valence-electron chi connectivity index (χ0n) is 18.1. The Morgan fingerprint density at radius 1 is 1.16 bits per heavy atom. The number of nitrogens with zero attached hydrogens (tertiary/aromatic N) is 3. The van der Waals surface area contributed by atoms with Crippen molar-refractivity contribution in [1.29, 1.82) is 0 Å². The summed E-state index contributed by atoms with van der Waals surface area (Å²) in [6, 6.07) is 14.2. The molecule has 2 heterocycles. The average molecular weight is 437 g/mol. The monoisotopic (exact) mass is 436 g/mol. The van der Waals surface area contributed by atoms with Crippen LogP contribution < -0.4 is 10.5 Å². The average Bonchev–Trinajstić information content (AvgIpc) is 2.79. The second-order valence-corrected chi connectivity index (χ2v) is 8.45. The van der Waals surface area contributed by atoms with E-state index in [2.05, 4.69) is 17.0 Å². The minimum absolute atomic E-state index is 0.258. The molecular weight excluding hydrogens is 408 g/mol. The number of Topliss-reactive ketones (excluding diaryl/α,β-unsaturated/α-hetero) is 1. The molecule has 0 aromatic heterocycles. The number of carbonyl (C=O) groups excluding carboxylic acids is 1. The van der Waals surface area contributed by atoms with Crippen molar-refractivity contribution in [2.75, 3.05) is 33.2 Å². The Morgan fingerprint density at radius 3 is 2.53 bits per heavy atom. The molecule has 0 saturated carbocycles. The number of piperazine rings is 1. The van der Waals surface area contributed by atoms with E-state index >= 15 is 0 Å². The molecule has 2 atom stereocenters. The third-order valence-corrected chi connectivity index (χ3v) is 6.12. The van der Waals surface area contributed by atoms with Crippen molar-refractivity contribution in [3.05, 3.63) is 65.2 Å². The fourth-order valence-corrected chi connectivity index (χ4v) is 4.13. The lowest BCUT2D eigenvalue weighted by Crippen LogP contribution is -2.61. The molecular formula is C24H28N4O4. The van der Waals surface area contributed by atoms with Gasteiger partial charge in [-0.3, -0.25) is 20.3 Å². The summed E-state index contributed by atoms with van der Waals surface area (Å²) >= 11 is 0. The first-order valence-corrected chi connectivity index (χ1v) is 10.7. The number of rotatable bonds is 6. The SMILES string of the molecule is CN1CCN(N=Cc2ccc(C(=O)C3(N)Oc4ccccc4CC3CC(=O)O)cc2)CC1. The summed E-state index contributed by atoms with van der Waals surface area (Å²) in [5.74, 6) is -1.61. The molecule has 32 heavy (non-hydrogen) atoms. The van der Waals surface area contributed by atoms with Gasteiger partial charge in [0.25, 0.3) is 0 Å². The number of hydrogen-bond donors (Lipinski definition) is 2. The van der Waals surface area contributed by atoms with E-state index in [-0.39, 0.29) is 6.42 Å². The Bertz CT molecular complexity index is 1010. The summed E-state index contributed by atoms with van der Waals surface area (Å²) in [6.07, 6.45) is 1.88. The molecule has 2 unspecified atom stereocenters. The largest absolute Gasteiger partial charge is 0.481 e. The highest BCUT2D eigenvalue weighted by Crippen LogP contribution is 2.38. The smallest absolute Gasteiger partial charge is 0.303 e. The van der Waals surface area contributed by atoms with Crippen LogP contribution >= 0.6 is 0 Å². The molecule has 2 aromatic carbocycles. The van der Waals surface area contributed by atoms with E-state index in [0.717, 1.165) is 37.3 Å². The number of ether oxygens (including phenoxy) is 1. The zero-order chi connectivity index (χ0) is 22.7. The van der Waals surface area contributed by atoms with Crippen LogP contribution in [0, 0.1) is 5.92 Å². The third-order valence-electron chi connectivity index (χ3n) is 6.12. The van der Waals surface area contributed by atoms with Crippen molar-refractivity contribution in [1.82, 2.24) is 9.91 Å². The van der Waals surface area contributed by atoms with Gasteiger partial charge in [0.2, 0.25) is 11.5 Å². The van der Waals surface area contributed by atoms with E-state index in [4.69, 9.17) is 10.5 Å². The maximum absolute atomic E-state index is 13.4. The van der Waals surface area contributed by atoms with E-state index in [9.17, 15) is 14.7 Å². The van der Waals surface area contributed by atoms with Crippen molar-refractivity contribution in [2.45, 2.75) is 18.6 Å². The number of carboxylic acids is 1. The van der Waals surface area contributed by atoms with Crippen LogP contribution in [0.4, 0.5) is 0 Å². The maximum atomic E-state index is 13.4. The molecule has 1 fully saturated rings. The number of benzene rings is 2.